The molecule has 1 aromatic carbocycles. The Morgan fingerprint density at radius 3 is 3.00 bits per heavy atom. The van der Waals surface area contributed by atoms with E-state index in [9.17, 15) is 14.0 Å². The van der Waals surface area contributed by atoms with Crippen molar-refractivity contribution < 1.29 is 23.4 Å². The van der Waals surface area contributed by atoms with E-state index in [1.54, 1.807) is 13.0 Å². The number of carbonyl (C=O) groups excluding carboxylic acids is 1. The molecule has 0 bridgehead atoms. The van der Waals surface area contributed by atoms with Crippen LogP contribution in [0.3, 0.4) is 0 Å². The molecule has 3 aromatic rings. The largest absolute Gasteiger partial charge is 0.463 e. The fourth-order valence-corrected chi connectivity index (χ4v) is 2.85. The maximum Gasteiger partial charge on any atom is 0.413 e. The Kier molecular flexibility index (Phi) is 5.35. The summed E-state index contributed by atoms with van der Waals surface area (Å²) in [5.41, 5.74) is 0.799. The van der Waals surface area contributed by atoms with Crippen molar-refractivity contribution in [2.75, 3.05) is 6.79 Å². The molecule has 1 amide bonds. The van der Waals surface area contributed by atoms with Gasteiger partial charge in [0.05, 0.1) is 24.0 Å². The highest BCUT2D eigenvalue weighted by Crippen LogP contribution is 2.35. The molecule has 0 radical (unpaired) electrons. The molecule has 0 saturated carbocycles. The van der Waals surface area contributed by atoms with Gasteiger partial charge in [-0.1, -0.05) is 0 Å². The molecular formula is C19H16FN5O5. The van der Waals surface area contributed by atoms with Gasteiger partial charge in [0.25, 0.3) is 5.56 Å². The lowest BCUT2D eigenvalue weighted by molar-refractivity contribution is -0.0180. The predicted molar refractivity (Wildman–Crippen MR) is 100 cm³/mol. The summed E-state index contributed by atoms with van der Waals surface area (Å²) in [5, 5.41) is 2.54. The van der Waals surface area contributed by atoms with E-state index >= 15 is 0 Å². The Hall–Kier alpha value is -3.86. The van der Waals surface area contributed by atoms with Gasteiger partial charge < -0.3 is 24.5 Å². The third kappa shape index (κ3) is 4.25. The van der Waals surface area contributed by atoms with Crippen molar-refractivity contribution in [3.8, 4) is 22.9 Å². The predicted octanol–water partition coefficient (Wildman–Crippen LogP) is 2.08. The molecule has 0 spiro atoms. The molecule has 0 saturated heterocycles. The van der Waals surface area contributed by atoms with Gasteiger partial charge in [0.15, 0.2) is 18.3 Å². The molecule has 4 rings (SSSR count). The Balaban J connectivity index is 1.52. The number of aromatic amines is 1. The van der Waals surface area contributed by atoms with Crippen molar-refractivity contribution in [2.45, 2.75) is 19.6 Å². The number of amides is 1. The van der Waals surface area contributed by atoms with Crippen LogP contribution < -0.4 is 20.3 Å². The van der Waals surface area contributed by atoms with Crippen LogP contribution in [-0.4, -0.2) is 32.8 Å². The third-order valence-corrected chi connectivity index (χ3v) is 4.19. The Morgan fingerprint density at radius 2 is 2.20 bits per heavy atom. The average molecular weight is 413 g/mol. The Morgan fingerprint density at radius 1 is 1.33 bits per heavy atom. The fourth-order valence-electron chi connectivity index (χ4n) is 2.85. The number of fused-ring (bicyclic) bond motifs is 1. The molecule has 0 aliphatic carbocycles. The summed E-state index contributed by atoms with van der Waals surface area (Å²) in [5.74, 6) is -0.238. The van der Waals surface area contributed by atoms with E-state index < -0.39 is 23.5 Å². The second-order valence-corrected chi connectivity index (χ2v) is 6.37. The maximum atomic E-state index is 13.8. The molecular weight excluding hydrogens is 397 g/mol. The van der Waals surface area contributed by atoms with E-state index in [2.05, 4.69) is 25.3 Å². The first kappa shape index (κ1) is 19.5. The van der Waals surface area contributed by atoms with Crippen molar-refractivity contribution in [3.05, 3.63) is 64.3 Å². The molecule has 0 fully saturated rings. The van der Waals surface area contributed by atoms with Crippen molar-refractivity contribution in [3.63, 3.8) is 0 Å². The van der Waals surface area contributed by atoms with Gasteiger partial charge in [-0.2, -0.15) is 0 Å². The lowest BCUT2D eigenvalue weighted by atomic mass is 10.2. The molecule has 30 heavy (non-hydrogen) atoms. The zero-order chi connectivity index (χ0) is 21.1. The Bertz CT molecular complexity index is 1140. The smallest absolute Gasteiger partial charge is 0.413 e. The average Bonchev–Trinajstić information content (AvgIpc) is 2.73. The summed E-state index contributed by atoms with van der Waals surface area (Å²) in [6.07, 6.45) is 1.99. The number of aromatic nitrogens is 4. The summed E-state index contributed by atoms with van der Waals surface area (Å²) in [6, 6.07) is 4.46. The zero-order valence-corrected chi connectivity index (χ0v) is 15.7. The molecule has 2 N–H and O–H groups in total. The number of halogens is 1. The first-order valence-electron chi connectivity index (χ1n) is 8.88. The minimum atomic E-state index is -0.875. The minimum Gasteiger partial charge on any atom is -0.463 e. The SMILES string of the molecule is CC(NC(=O)Oc1cc(F)cc2c1OCOC2)c1nc(-c2ccncn2)cc(=O)[nH]1. The van der Waals surface area contributed by atoms with Gasteiger partial charge in [-0.25, -0.2) is 24.1 Å². The summed E-state index contributed by atoms with van der Waals surface area (Å²) in [7, 11) is 0. The zero-order valence-electron chi connectivity index (χ0n) is 15.7. The summed E-state index contributed by atoms with van der Waals surface area (Å²) in [6.45, 7) is 1.71. The number of benzene rings is 1. The highest BCUT2D eigenvalue weighted by molar-refractivity contribution is 5.72. The van der Waals surface area contributed by atoms with Crippen LogP contribution in [0.1, 0.15) is 24.4 Å². The van der Waals surface area contributed by atoms with Crippen molar-refractivity contribution in [1.82, 2.24) is 25.3 Å². The topological polar surface area (TPSA) is 128 Å². The molecule has 1 aliphatic heterocycles. The van der Waals surface area contributed by atoms with Crippen molar-refractivity contribution in [2.24, 2.45) is 0 Å². The summed E-state index contributed by atoms with van der Waals surface area (Å²) < 4.78 is 29.4. The van der Waals surface area contributed by atoms with Gasteiger partial charge >= 0.3 is 6.09 Å². The van der Waals surface area contributed by atoms with Crippen molar-refractivity contribution in [1.29, 1.82) is 0 Å². The number of rotatable bonds is 4. The fraction of sp³-hybridized carbons (Fsp3) is 0.211. The van der Waals surface area contributed by atoms with Crippen LogP contribution in [0.5, 0.6) is 11.5 Å². The number of H-pyrrole nitrogens is 1. The second kappa shape index (κ2) is 8.25. The number of nitrogens with zero attached hydrogens (tertiary/aromatic N) is 3. The van der Waals surface area contributed by atoms with E-state index in [4.69, 9.17) is 14.2 Å². The van der Waals surface area contributed by atoms with E-state index in [-0.39, 0.29) is 30.7 Å². The standard InChI is InChI=1S/C19H16FN5O5/c1-10(18-24-14(6-16(26)25-18)13-2-3-21-8-22-13)23-19(27)30-15-5-12(20)4-11-7-28-9-29-17(11)15/h2-6,8,10H,7,9H2,1H3,(H,23,27)(H,24,25,26). The maximum absolute atomic E-state index is 13.8. The van der Waals surface area contributed by atoms with Crippen LogP contribution in [0, 0.1) is 5.82 Å². The quantitative estimate of drug-likeness (QED) is 0.665. The normalized spacial score (nSPS) is 13.7. The highest BCUT2D eigenvalue weighted by Gasteiger charge is 2.22. The van der Waals surface area contributed by atoms with Crippen LogP contribution in [0.25, 0.3) is 11.4 Å². The monoisotopic (exact) mass is 413 g/mol. The molecule has 10 nitrogen and oxygen atoms in total. The molecule has 1 unspecified atom stereocenters. The lowest BCUT2D eigenvalue weighted by Crippen LogP contribution is -2.32. The Labute approximate surface area is 169 Å². The number of hydrogen-bond acceptors (Lipinski definition) is 8. The van der Waals surface area contributed by atoms with Crippen LogP contribution >= 0.6 is 0 Å². The summed E-state index contributed by atoms with van der Waals surface area (Å²) >= 11 is 0. The minimum absolute atomic E-state index is 0.0337. The third-order valence-electron chi connectivity index (χ3n) is 4.19. The van der Waals surface area contributed by atoms with E-state index in [1.807, 2.05) is 0 Å². The van der Waals surface area contributed by atoms with Crippen molar-refractivity contribution >= 4 is 6.09 Å². The van der Waals surface area contributed by atoms with Crippen LogP contribution in [0.2, 0.25) is 0 Å². The molecule has 2 aromatic heterocycles. The second-order valence-electron chi connectivity index (χ2n) is 6.37. The van der Waals surface area contributed by atoms with Crippen LogP contribution in [-0.2, 0) is 11.3 Å². The molecule has 11 heteroatoms. The number of ether oxygens (including phenoxy) is 3. The van der Waals surface area contributed by atoms with E-state index in [0.717, 1.165) is 6.07 Å². The highest BCUT2D eigenvalue weighted by atomic mass is 19.1. The molecule has 154 valence electrons. The number of nitrogens with one attached hydrogen (secondary N) is 2. The van der Waals surface area contributed by atoms with Crippen LogP contribution in [0.15, 0.2) is 41.6 Å². The van der Waals surface area contributed by atoms with E-state index in [0.29, 0.717) is 17.0 Å². The van der Waals surface area contributed by atoms with Gasteiger partial charge in [-0.15, -0.1) is 0 Å². The van der Waals surface area contributed by atoms with Gasteiger partial charge in [0, 0.05) is 23.9 Å². The van der Waals surface area contributed by atoms with Crippen LogP contribution in [0.4, 0.5) is 9.18 Å². The van der Waals surface area contributed by atoms with Gasteiger partial charge in [0.1, 0.15) is 18.0 Å². The summed E-state index contributed by atoms with van der Waals surface area (Å²) in [4.78, 5) is 39.1. The van der Waals surface area contributed by atoms with Gasteiger partial charge in [-0.3, -0.25) is 4.79 Å². The lowest BCUT2D eigenvalue weighted by Gasteiger charge is -2.20. The van der Waals surface area contributed by atoms with E-state index in [1.165, 1.54) is 24.7 Å². The number of hydrogen-bond donors (Lipinski definition) is 2. The van der Waals surface area contributed by atoms with Gasteiger partial charge in [0.2, 0.25) is 0 Å². The molecule has 1 atom stereocenters. The molecule has 3 heterocycles. The first-order valence-corrected chi connectivity index (χ1v) is 8.88. The van der Waals surface area contributed by atoms with Gasteiger partial charge in [-0.05, 0) is 19.1 Å². The number of carbonyl (C=O) groups is 1. The first-order chi connectivity index (χ1) is 14.5. The molecule has 1 aliphatic rings.